The second-order valence-corrected chi connectivity index (χ2v) is 6.84. The Balaban J connectivity index is 1.60. The van der Waals surface area contributed by atoms with Gasteiger partial charge in [-0.2, -0.15) is 5.10 Å². The van der Waals surface area contributed by atoms with Crippen LogP contribution < -0.4 is 10.2 Å². The van der Waals surface area contributed by atoms with Gasteiger partial charge in [-0.25, -0.2) is 14.6 Å². The predicted molar refractivity (Wildman–Crippen MR) is 102 cm³/mol. The third-order valence-electron chi connectivity index (χ3n) is 4.63. The molecule has 1 aliphatic heterocycles. The smallest absolute Gasteiger partial charge is 0.257 e. The van der Waals surface area contributed by atoms with Crippen LogP contribution in [0.1, 0.15) is 43.1 Å². The zero-order chi connectivity index (χ0) is 18.1. The van der Waals surface area contributed by atoms with Gasteiger partial charge in [0.1, 0.15) is 0 Å². The van der Waals surface area contributed by atoms with Gasteiger partial charge in [-0.15, -0.1) is 0 Å². The number of carbonyl (C=O) groups is 1. The zero-order valence-corrected chi connectivity index (χ0v) is 15.0. The van der Waals surface area contributed by atoms with Gasteiger partial charge in [0, 0.05) is 36.9 Å². The molecule has 7 nitrogen and oxygen atoms in total. The molecule has 1 saturated heterocycles. The maximum atomic E-state index is 12.7. The number of rotatable bonds is 4. The Hall–Kier alpha value is -2.96. The minimum atomic E-state index is -0.190. The molecule has 4 rings (SSSR count). The first-order chi connectivity index (χ1) is 12.6. The summed E-state index contributed by atoms with van der Waals surface area (Å²) >= 11 is 0. The Bertz CT molecular complexity index is 942. The molecular weight excluding hydrogens is 328 g/mol. The van der Waals surface area contributed by atoms with Crippen molar-refractivity contribution in [1.29, 1.82) is 0 Å². The molecule has 7 heteroatoms. The Morgan fingerprint density at radius 3 is 2.77 bits per heavy atom. The molecule has 1 N–H and O–H groups in total. The summed E-state index contributed by atoms with van der Waals surface area (Å²) in [4.78, 5) is 23.9. The fraction of sp³-hybridized carbons (Fsp3) is 0.368. The van der Waals surface area contributed by atoms with Crippen molar-refractivity contribution in [3.05, 3.63) is 42.4 Å². The first kappa shape index (κ1) is 16.5. The van der Waals surface area contributed by atoms with Gasteiger partial charge >= 0.3 is 0 Å². The van der Waals surface area contributed by atoms with E-state index in [9.17, 15) is 4.79 Å². The second-order valence-electron chi connectivity index (χ2n) is 6.84. The summed E-state index contributed by atoms with van der Waals surface area (Å²) in [5.41, 5.74) is 2.03. The Kier molecular flexibility index (Phi) is 4.28. The molecule has 1 aliphatic rings. The largest absolute Gasteiger partial charge is 0.355 e. The average Bonchev–Trinajstić information content (AvgIpc) is 3.31. The van der Waals surface area contributed by atoms with E-state index in [1.165, 1.54) is 0 Å². The Morgan fingerprint density at radius 2 is 2.00 bits per heavy atom. The van der Waals surface area contributed by atoms with Crippen LogP contribution in [-0.4, -0.2) is 38.7 Å². The summed E-state index contributed by atoms with van der Waals surface area (Å²) < 4.78 is 1.85. The van der Waals surface area contributed by atoms with Crippen LogP contribution in [0.25, 0.3) is 11.0 Å². The third kappa shape index (κ3) is 3.00. The van der Waals surface area contributed by atoms with E-state index in [1.54, 1.807) is 18.6 Å². The summed E-state index contributed by atoms with van der Waals surface area (Å²) in [6.07, 6.45) is 7.43. The van der Waals surface area contributed by atoms with Crippen molar-refractivity contribution in [3.63, 3.8) is 0 Å². The van der Waals surface area contributed by atoms with Crippen LogP contribution in [0.3, 0.4) is 0 Å². The van der Waals surface area contributed by atoms with E-state index < -0.39 is 0 Å². The predicted octanol–water partition coefficient (Wildman–Crippen LogP) is 3.26. The van der Waals surface area contributed by atoms with Crippen LogP contribution in [0.5, 0.6) is 0 Å². The van der Waals surface area contributed by atoms with Crippen LogP contribution in [0, 0.1) is 0 Å². The molecule has 0 bridgehead atoms. The fourth-order valence-corrected chi connectivity index (χ4v) is 3.31. The lowest BCUT2D eigenvalue weighted by Gasteiger charge is -2.19. The molecule has 0 aliphatic carbocycles. The highest BCUT2D eigenvalue weighted by Crippen LogP contribution is 2.26. The standard InChI is InChI=1S/C19H22N6O/c1-13(2)25-17-14(12-22-25)10-15(11-21-17)19(26)23-16-6-5-7-20-18(16)24-8-3-4-9-24/h5-7,10-13H,3-4,8-9H2,1-2H3,(H,23,26). The van der Waals surface area contributed by atoms with Crippen molar-refractivity contribution in [3.8, 4) is 0 Å². The molecule has 0 saturated carbocycles. The molecule has 1 fully saturated rings. The minimum absolute atomic E-state index is 0.190. The van der Waals surface area contributed by atoms with Crippen LogP contribution in [-0.2, 0) is 0 Å². The molecule has 134 valence electrons. The highest BCUT2D eigenvalue weighted by Gasteiger charge is 2.19. The molecule has 0 spiro atoms. The van der Waals surface area contributed by atoms with E-state index in [-0.39, 0.29) is 11.9 Å². The molecule has 3 aromatic rings. The third-order valence-corrected chi connectivity index (χ3v) is 4.63. The maximum Gasteiger partial charge on any atom is 0.257 e. The normalized spacial score (nSPS) is 14.3. The van der Waals surface area contributed by atoms with Crippen molar-refractivity contribution in [2.45, 2.75) is 32.7 Å². The molecule has 0 aromatic carbocycles. The number of nitrogens with zero attached hydrogens (tertiary/aromatic N) is 5. The molecule has 0 radical (unpaired) electrons. The first-order valence-electron chi connectivity index (χ1n) is 8.98. The summed E-state index contributed by atoms with van der Waals surface area (Å²) in [5.74, 6) is 0.644. The first-order valence-corrected chi connectivity index (χ1v) is 8.98. The summed E-state index contributed by atoms with van der Waals surface area (Å²) in [6, 6.07) is 5.78. The van der Waals surface area contributed by atoms with Gasteiger partial charge in [-0.1, -0.05) is 0 Å². The number of carbonyl (C=O) groups excluding carboxylic acids is 1. The van der Waals surface area contributed by atoms with Crippen LogP contribution in [0.4, 0.5) is 11.5 Å². The van der Waals surface area contributed by atoms with E-state index in [4.69, 9.17) is 0 Å². The average molecular weight is 350 g/mol. The van der Waals surface area contributed by atoms with Gasteiger partial charge in [0.15, 0.2) is 11.5 Å². The molecule has 26 heavy (non-hydrogen) atoms. The molecular formula is C19H22N6O. The quantitative estimate of drug-likeness (QED) is 0.781. The number of pyridine rings is 2. The SMILES string of the molecule is CC(C)n1ncc2cc(C(=O)Nc3cccnc3N3CCCC3)cnc21. The highest BCUT2D eigenvalue weighted by atomic mass is 16.1. The monoisotopic (exact) mass is 350 g/mol. The molecule has 0 unspecified atom stereocenters. The number of amides is 1. The lowest BCUT2D eigenvalue weighted by atomic mass is 10.2. The van der Waals surface area contributed by atoms with Gasteiger partial charge in [-0.05, 0) is 44.9 Å². The maximum absolute atomic E-state index is 12.7. The molecule has 1 amide bonds. The highest BCUT2D eigenvalue weighted by molar-refractivity contribution is 6.06. The topological polar surface area (TPSA) is 75.9 Å². The lowest BCUT2D eigenvalue weighted by molar-refractivity contribution is 0.102. The number of aromatic nitrogens is 4. The zero-order valence-electron chi connectivity index (χ0n) is 15.0. The van der Waals surface area contributed by atoms with E-state index in [1.807, 2.05) is 22.9 Å². The van der Waals surface area contributed by atoms with E-state index in [0.717, 1.165) is 48.5 Å². The molecule has 3 aromatic heterocycles. The summed E-state index contributed by atoms with van der Waals surface area (Å²) in [6.45, 7) is 6.05. The van der Waals surface area contributed by atoms with Crippen molar-refractivity contribution >= 4 is 28.4 Å². The van der Waals surface area contributed by atoms with E-state index >= 15 is 0 Å². The van der Waals surface area contributed by atoms with Crippen LogP contribution >= 0.6 is 0 Å². The molecule has 0 atom stereocenters. The Morgan fingerprint density at radius 1 is 1.19 bits per heavy atom. The van der Waals surface area contributed by atoms with Crippen molar-refractivity contribution in [2.75, 3.05) is 23.3 Å². The van der Waals surface area contributed by atoms with Crippen molar-refractivity contribution < 1.29 is 4.79 Å². The van der Waals surface area contributed by atoms with E-state index in [2.05, 4.69) is 39.1 Å². The summed E-state index contributed by atoms with van der Waals surface area (Å²) in [7, 11) is 0. The molecule has 4 heterocycles. The number of hydrogen-bond acceptors (Lipinski definition) is 5. The van der Waals surface area contributed by atoms with Gasteiger partial charge in [0.2, 0.25) is 0 Å². The minimum Gasteiger partial charge on any atom is -0.355 e. The second kappa shape index (κ2) is 6.74. The van der Waals surface area contributed by atoms with Crippen LogP contribution in [0.2, 0.25) is 0 Å². The number of nitrogens with one attached hydrogen (secondary N) is 1. The van der Waals surface area contributed by atoms with Gasteiger partial charge in [-0.3, -0.25) is 4.79 Å². The van der Waals surface area contributed by atoms with Gasteiger partial charge in [0.05, 0.1) is 17.4 Å². The van der Waals surface area contributed by atoms with Gasteiger partial charge in [0.25, 0.3) is 5.91 Å². The Labute approximate surface area is 152 Å². The fourth-order valence-electron chi connectivity index (χ4n) is 3.31. The van der Waals surface area contributed by atoms with E-state index in [0.29, 0.717) is 5.56 Å². The van der Waals surface area contributed by atoms with Crippen molar-refractivity contribution in [1.82, 2.24) is 19.7 Å². The number of hydrogen-bond donors (Lipinski definition) is 1. The number of anilines is 2. The van der Waals surface area contributed by atoms with Crippen LogP contribution in [0.15, 0.2) is 36.8 Å². The van der Waals surface area contributed by atoms with Crippen molar-refractivity contribution in [2.24, 2.45) is 0 Å². The number of fused-ring (bicyclic) bond motifs is 1. The lowest BCUT2D eigenvalue weighted by Crippen LogP contribution is -2.22. The summed E-state index contributed by atoms with van der Waals surface area (Å²) in [5, 5.41) is 8.20. The van der Waals surface area contributed by atoms with Gasteiger partial charge < -0.3 is 10.2 Å².